The third-order valence-electron chi connectivity index (χ3n) is 2.77. The number of nitrogens with zero attached hydrogens (tertiary/aromatic N) is 1. The molecule has 1 heterocycles. The number of carbonyl (C=O) groups excluding carboxylic acids is 1. The van der Waals surface area contributed by atoms with Crippen LogP contribution in [0.5, 0.6) is 0 Å². The molecule has 1 rings (SSSR count). The highest BCUT2D eigenvalue weighted by Crippen LogP contribution is 2.22. The zero-order valence-electron chi connectivity index (χ0n) is 12.5. The van der Waals surface area contributed by atoms with Crippen molar-refractivity contribution in [3.8, 4) is 0 Å². The number of nitrogens with two attached hydrogens (primary N) is 2. The Morgan fingerprint density at radius 3 is 2.48 bits per heavy atom. The van der Waals surface area contributed by atoms with Crippen LogP contribution in [0.25, 0.3) is 0 Å². The Kier molecular flexibility index (Phi) is 5.30. The van der Waals surface area contributed by atoms with Crippen molar-refractivity contribution in [3.05, 3.63) is 23.4 Å². The first-order chi connectivity index (χ1) is 9.49. The molecular formula is C13H22N4O3S. The molecule has 0 aromatic carbocycles. The molecule has 1 amide bonds. The van der Waals surface area contributed by atoms with E-state index in [1.165, 1.54) is 6.07 Å². The molecule has 1 aromatic rings. The fourth-order valence-electron chi connectivity index (χ4n) is 1.64. The van der Waals surface area contributed by atoms with E-state index in [4.69, 9.17) is 10.9 Å². The molecule has 0 atom stereocenters. The highest BCUT2D eigenvalue weighted by Gasteiger charge is 2.18. The molecule has 0 fully saturated rings. The van der Waals surface area contributed by atoms with E-state index < -0.39 is 10.0 Å². The molecule has 0 bridgehead atoms. The summed E-state index contributed by atoms with van der Waals surface area (Å²) >= 11 is 0. The Balaban J connectivity index is 2.73. The minimum absolute atomic E-state index is 0.168. The molecule has 0 radical (unpaired) electrons. The molecule has 0 aliphatic heterocycles. The summed E-state index contributed by atoms with van der Waals surface area (Å²) in [6.45, 7) is 6.15. The van der Waals surface area contributed by atoms with E-state index in [0.29, 0.717) is 5.56 Å². The van der Waals surface area contributed by atoms with Crippen LogP contribution in [-0.4, -0.2) is 31.6 Å². The number of aromatic nitrogens is 1. The van der Waals surface area contributed by atoms with Crippen LogP contribution in [0.2, 0.25) is 0 Å². The van der Waals surface area contributed by atoms with Crippen LogP contribution in [0.15, 0.2) is 12.1 Å². The van der Waals surface area contributed by atoms with Gasteiger partial charge in [0.25, 0.3) is 5.91 Å². The van der Waals surface area contributed by atoms with Gasteiger partial charge >= 0.3 is 0 Å². The second kappa shape index (κ2) is 6.40. The minimum Gasteiger partial charge on any atom is -0.384 e. The summed E-state index contributed by atoms with van der Waals surface area (Å²) in [6.07, 6.45) is 0.261. The molecule has 0 saturated carbocycles. The summed E-state index contributed by atoms with van der Waals surface area (Å²) in [5, 5.41) is 7.52. The average Bonchev–Trinajstić information content (AvgIpc) is 2.31. The van der Waals surface area contributed by atoms with E-state index in [9.17, 15) is 13.2 Å². The van der Waals surface area contributed by atoms with Crippen molar-refractivity contribution in [2.75, 3.05) is 18.0 Å². The van der Waals surface area contributed by atoms with E-state index in [1.807, 2.05) is 20.8 Å². The van der Waals surface area contributed by atoms with Gasteiger partial charge in [0.05, 0.1) is 5.75 Å². The van der Waals surface area contributed by atoms with E-state index in [2.05, 4.69) is 10.3 Å². The van der Waals surface area contributed by atoms with Crippen LogP contribution in [0, 0.1) is 0 Å². The Morgan fingerprint density at radius 1 is 1.33 bits per heavy atom. The summed E-state index contributed by atoms with van der Waals surface area (Å²) in [4.78, 5) is 16.2. The fraction of sp³-hybridized carbons (Fsp3) is 0.538. The maximum absolute atomic E-state index is 12.0. The average molecular weight is 314 g/mol. The van der Waals surface area contributed by atoms with Crippen molar-refractivity contribution >= 4 is 21.7 Å². The van der Waals surface area contributed by atoms with Crippen LogP contribution in [-0.2, 0) is 15.4 Å². The standard InChI is InChI=1S/C13H22N4O3S/c1-13(2,3)10-7-9(8-11(14)17-10)12(18)16-5-4-6-21(15,19)20/h7-8H,4-6H2,1-3H3,(H2,14,17)(H,16,18)(H2,15,19,20). The van der Waals surface area contributed by atoms with Crippen molar-refractivity contribution < 1.29 is 13.2 Å². The number of nitrogens with one attached hydrogen (secondary N) is 1. The molecule has 21 heavy (non-hydrogen) atoms. The Bertz CT molecular complexity index is 621. The molecule has 0 aliphatic carbocycles. The maximum atomic E-state index is 12.0. The molecule has 1 aromatic heterocycles. The third-order valence-corrected chi connectivity index (χ3v) is 3.62. The van der Waals surface area contributed by atoms with Crippen LogP contribution in [0.4, 0.5) is 5.82 Å². The largest absolute Gasteiger partial charge is 0.384 e. The number of carbonyl (C=O) groups is 1. The van der Waals surface area contributed by atoms with Gasteiger partial charge < -0.3 is 11.1 Å². The Morgan fingerprint density at radius 2 is 1.95 bits per heavy atom. The van der Waals surface area contributed by atoms with Crippen LogP contribution < -0.4 is 16.2 Å². The normalized spacial score (nSPS) is 12.2. The van der Waals surface area contributed by atoms with Gasteiger partial charge in [0.2, 0.25) is 10.0 Å². The summed E-state index contributed by atoms with van der Waals surface area (Å²) in [6, 6.07) is 3.18. The summed E-state index contributed by atoms with van der Waals surface area (Å²) in [5.41, 5.74) is 6.62. The number of rotatable bonds is 5. The predicted molar refractivity (Wildman–Crippen MR) is 82.3 cm³/mol. The lowest BCUT2D eigenvalue weighted by atomic mass is 9.90. The molecule has 0 saturated heterocycles. The van der Waals surface area contributed by atoms with Crippen molar-refractivity contribution in [2.24, 2.45) is 5.14 Å². The summed E-state index contributed by atoms with van der Waals surface area (Å²) < 4.78 is 21.6. The lowest BCUT2D eigenvalue weighted by Crippen LogP contribution is -2.28. The fourth-order valence-corrected chi connectivity index (χ4v) is 2.19. The predicted octanol–water partition coefficient (Wildman–Crippen LogP) is 0.370. The number of sulfonamides is 1. The van der Waals surface area contributed by atoms with Gasteiger partial charge in [-0.3, -0.25) is 4.79 Å². The second-order valence-corrected chi connectivity index (χ2v) is 7.63. The van der Waals surface area contributed by atoms with Crippen molar-refractivity contribution in [1.82, 2.24) is 10.3 Å². The number of hydrogen-bond donors (Lipinski definition) is 3. The van der Waals surface area contributed by atoms with E-state index in [-0.39, 0.29) is 35.9 Å². The van der Waals surface area contributed by atoms with Gasteiger partial charge in [-0.15, -0.1) is 0 Å². The van der Waals surface area contributed by atoms with Crippen LogP contribution >= 0.6 is 0 Å². The third kappa shape index (κ3) is 6.09. The molecule has 0 aliphatic rings. The molecular weight excluding hydrogens is 292 g/mol. The summed E-state index contributed by atoms with van der Waals surface area (Å²) in [5.74, 6) is -0.208. The van der Waals surface area contributed by atoms with Gasteiger partial charge in [0, 0.05) is 23.2 Å². The SMILES string of the molecule is CC(C)(C)c1cc(C(=O)NCCCS(N)(=O)=O)cc(N)n1. The second-order valence-electron chi connectivity index (χ2n) is 5.89. The molecule has 118 valence electrons. The number of nitrogen functional groups attached to an aromatic ring is 1. The number of hydrogen-bond acceptors (Lipinski definition) is 5. The van der Waals surface area contributed by atoms with Crippen molar-refractivity contribution in [1.29, 1.82) is 0 Å². The van der Waals surface area contributed by atoms with E-state index in [0.717, 1.165) is 5.69 Å². The van der Waals surface area contributed by atoms with Crippen LogP contribution in [0.3, 0.4) is 0 Å². The number of primary sulfonamides is 1. The van der Waals surface area contributed by atoms with Gasteiger partial charge in [-0.25, -0.2) is 18.5 Å². The first-order valence-corrected chi connectivity index (χ1v) is 8.27. The number of pyridine rings is 1. The lowest BCUT2D eigenvalue weighted by Gasteiger charge is -2.19. The van der Waals surface area contributed by atoms with Crippen molar-refractivity contribution in [2.45, 2.75) is 32.6 Å². The molecule has 8 heteroatoms. The van der Waals surface area contributed by atoms with Gasteiger partial charge in [0.1, 0.15) is 5.82 Å². The minimum atomic E-state index is -3.50. The van der Waals surface area contributed by atoms with E-state index >= 15 is 0 Å². The summed E-state index contributed by atoms with van der Waals surface area (Å²) in [7, 11) is -3.50. The highest BCUT2D eigenvalue weighted by molar-refractivity contribution is 7.89. The quantitative estimate of drug-likeness (QED) is 0.676. The smallest absolute Gasteiger partial charge is 0.251 e. The zero-order chi connectivity index (χ0) is 16.3. The highest BCUT2D eigenvalue weighted by atomic mass is 32.2. The first-order valence-electron chi connectivity index (χ1n) is 6.56. The zero-order valence-corrected chi connectivity index (χ0v) is 13.3. The molecule has 7 nitrogen and oxygen atoms in total. The van der Waals surface area contributed by atoms with Gasteiger partial charge in [-0.2, -0.15) is 0 Å². The molecule has 5 N–H and O–H groups in total. The maximum Gasteiger partial charge on any atom is 0.251 e. The first kappa shape index (κ1) is 17.4. The number of anilines is 1. The monoisotopic (exact) mass is 314 g/mol. The Hall–Kier alpha value is -1.67. The van der Waals surface area contributed by atoms with Crippen LogP contribution in [0.1, 0.15) is 43.2 Å². The van der Waals surface area contributed by atoms with E-state index in [1.54, 1.807) is 6.07 Å². The molecule has 0 spiro atoms. The Labute approximate surface area is 125 Å². The molecule has 0 unspecified atom stereocenters. The van der Waals surface area contributed by atoms with Crippen molar-refractivity contribution in [3.63, 3.8) is 0 Å². The van der Waals surface area contributed by atoms with Gasteiger partial charge in [-0.1, -0.05) is 20.8 Å². The number of amides is 1. The topological polar surface area (TPSA) is 128 Å². The lowest BCUT2D eigenvalue weighted by molar-refractivity contribution is 0.0953. The van der Waals surface area contributed by atoms with Gasteiger partial charge in [0.15, 0.2) is 0 Å². The van der Waals surface area contributed by atoms with Gasteiger partial charge in [-0.05, 0) is 18.6 Å².